The summed E-state index contributed by atoms with van der Waals surface area (Å²) < 4.78 is 5.43. The third-order valence-electron chi connectivity index (χ3n) is 7.42. The van der Waals surface area contributed by atoms with Crippen molar-refractivity contribution in [1.29, 1.82) is 0 Å². The van der Waals surface area contributed by atoms with E-state index < -0.39 is 5.97 Å². The second-order valence-electron chi connectivity index (χ2n) is 10.4. The molecule has 1 aliphatic heterocycles. The molecule has 1 aliphatic rings. The third kappa shape index (κ3) is 4.36. The standard InChI is InChI=1S/C31H31N5O3/c1-5-26(37)33-25-8-6-7-22-27(25)23-16-20(36-13-11-35(4)12-14-36)9-10-21(23)29-28(22)24-15-19(17-32-30(24)34-29)31(38)39-18(2)3/h5-10,15-18H,1,11-14H2,2-4H3,(H,32,34)(H,33,37). The molecule has 0 spiro atoms. The molecule has 1 fully saturated rings. The van der Waals surface area contributed by atoms with E-state index in [1.165, 1.54) is 6.08 Å². The van der Waals surface area contributed by atoms with Gasteiger partial charge in [0, 0.05) is 65.3 Å². The van der Waals surface area contributed by atoms with E-state index in [0.717, 1.165) is 69.7 Å². The smallest absolute Gasteiger partial charge is 0.339 e. The predicted molar refractivity (Wildman–Crippen MR) is 158 cm³/mol. The van der Waals surface area contributed by atoms with Gasteiger partial charge in [0.2, 0.25) is 5.91 Å². The molecule has 8 heteroatoms. The molecule has 198 valence electrons. The van der Waals surface area contributed by atoms with E-state index in [0.29, 0.717) is 16.9 Å². The molecule has 3 aromatic carbocycles. The Morgan fingerprint density at radius 3 is 2.56 bits per heavy atom. The number of hydrogen-bond donors (Lipinski definition) is 2. The van der Waals surface area contributed by atoms with Crippen LogP contribution in [-0.4, -0.2) is 66.1 Å². The quantitative estimate of drug-likeness (QED) is 0.181. The van der Waals surface area contributed by atoms with Crippen molar-refractivity contribution >= 4 is 66.7 Å². The Hall–Kier alpha value is -4.43. The minimum Gasteiger partial charge on any atom is -0.459 e. The number of hydrogen-bond acceptors (Lipinski definition) is 6. The lowest BCUT2D eigenvalue weighted by molar-refractivity contribution is -0.111. The Labute approximate surface area is 226 Å². The highest BCUT2D eigenvalue weighted by atomic mass is 16.5. The summed E-state index contributed by atoms with van der Waals surface area (Å²) in [5.74, 6) is -0.681. The summed E-state index contributed by atoms with van der Waals surface area (Å²) in [6, 6.07) is 14.3. The maximum Gasteiger partial charge on any atom is 0.339 e. The highest BCUT2D eigenvalue weighted by Crippen LogP contribution is 2.42. The third-order valence-corrected chi connectivity index (χ3v) is 7.42. The molecule has 2 N–H and O–H groups in total. The van der Waals surface area contributed by atoms with Gasteiger partial charge in [0.15, 0.2) is 0 Å². The lowest BCUT2D eigenvalue weighted by Crippen LogP contribution is -2.44. The zero-order valence-corrected chi connectivity index (χ0v) is 22.4. The van der Waals surface area contributed by atoms with Crippen LogP contribution in [0.1, 0.15) is 24.2 Å². The fourth-order valence-electron chi connectivity index (χ4n) is 5.50. The van der Waals surface area contributed by atoms with Crippen molar-refractivity contribution in [3.63, 3.8) is 0 Å². The first kappa shape index (κ1) is 24.9. The molecule has 0 aliphatic carbocycles. The van der Waals surface area contributed by atoms with E-state index in [1.807, 2.05) is 32.0 Å². The zero-order chi connectivity index (χ0) is 27.3. The molecule has 3 heterocycles. The average molecular weight is 522 g/mol. The fraction of sp³-hybridized carbons (Fsp3) is 0.258. The number of esters is 1. The minimum absolute atomic E-state index is 0.230. The molecule has 0 saturated carbocycles. The molecular formula is C31H31N5O3. The van der Waals surface area contributed by atoms with Gasteiger partial charge in [0.25, 0.3) is 0 Å². The van der Waals surface area contributed by atoms with E-state index in [9.17, 15) is 9.59 Å². The number of carbonyl (C=O) groups is 2. The Morgan fingerprint density at radius 1 is 1.03 bits per heavy atom. The summed E-state index contributed by atoms with van der Waals surface area (Å²) in [5.41, 5.74) is 3.87. The van der Waals surface area contributed by atoms with Gasteiger partial charge >= 0.3 is 5.97 Å². The number of fused-ring (bicyclic) bond motifs is 8. The number of ether oxygens (including phenoxy) is 1. The van der Waals surface area contributed by atoms with E-state index in [1.54, 1.807) is 6.20 Å². The number of piperazine rings is 1. The SMILES string of the molecule is C=CC(=O)Nc1cccc2c1c1cc(N3CCN(C)CC3)ccc1c1[nH]c3ncc(C(=O)OC(C)C)cc3c21. The number of amides is 1. The first-order valence-electron chi connectivity index (χ1n) is 13.2. The van der Waals surface area contributed by atoms with Gasteiger partial charge in [0.1, 0.15) is 5.65 Å². The fourth-order valence-corrected chi connectivity index (χ4v) is 5.50. The van der Waals surface area contributed by atoms with Crippen LogP contribution in [0.25, 0.3) is 43.5 Å². The summed E-state index contributed by atoms with van der Waals surface area (Å²) in [6.45, 7) is 11.2. The molecule has 6 rings (SSSR count). The van der Waals surface area contributed by atoms with Gasteiger partial charge in [-0.25, -0.2) is 9.78 Å². The highest BCUT2D eigenvalue weighted by molar-refractivity contribution is 6.34. The zero-order valence-electron chi connectivity index (χ0n) is 22.4. The summed E-state index contributed by atoms with van der Waals surface area (Å²) in [7, 11) is 2.15. The topological polar surface area (TPSA) is 90.6 Å². The van der Waals surface area contributed by atoms with Gasteiger partial charge in [0.05, 0.1) is 17.2 Å². The van der Waals surface area contributed by atoms with Crippen LogP contribution in [0.15, 0.2) is 61.3 Å². The number of rotatable bonds is 5. The summed E-state index contributed by atoms with van der Waals surface area (Å²) in [5, 5.41) is 8.71. The molecule has 39 heavy (non-hydrogen) atoms. The minimum atomic E-state index is -0.408. The van der Waals surface area contributed by atoms with Crippen LogP contribution >= 0.6 is 0 Å². The summed E-state index contributed by atoms with van der Waals surface area (Å²) in [4.78, 5) is 38.0. The first-order chi connectivity index (χ1) is 18.8. The molecule has 0 bridgehead atoms. The monoisotopic (exact) mass is 521 g/mol. The van der Waals surface area contributed by atoms with E-state index in [4.69, 9.17) is 4.74 Å². The van der Waals surface area contributed by atoms with E-state index >= 15 is 0 Å². The molecule has 0 unspecified atom stereocenters. The van der Waals surface area contributed by atoms with Crippen LogP contribution in [0.3, 0.4) is 0 Å². The van der Waals surface area contributed by atoms with Gasteiger partial charge in [-0.1, -0.05) is 24.8 Å². The van der Waals surface area contributed by atoms with Crippen LogP contribution in [0, 0.1) is 0 Å². The van der Waals surface area contributed by atoms with E-state index in [2.05, 4.69) is 63.0 Å². The number of benzene rings is 3. The number of carbonyl (C=O) groups excluding carboxylic acids is 2. The van der Waals surface area contributed by atoms with Gasteiger partial charge in [-0.05, 0) is 62.0 Å². The molecular weight excluding hydrogens is 490 g/mol. The van der Waals surface area contributed by atoms with Crippen LogP contribution in [0.2, 0.25) is 0 Å². The maximum absolute atomic E-state index is 12.7. The molecule has 1 amide bonds. The van der Waals surface area contributed by atoms with Crippen LogP contribution in [-0.2, 0) is 9.53 Å². The average Bonchev–Trinajstić information content (AvgIpc) is 3.32. The van der Waals surface area contributed by atoms with E-state index in [-0.39, 0.29) is 12.0 Å². The van der Waals surface area contributed by atoms with Gasteiger partial charge in [-0.3, -0.25) is 4.79 Å². The first-order valence-corrected chi connectivity index (χ1v) is 13.2. The van der Waals surface area contributed by atoms with Gasteiger partial charge < -0.3 is 24.8 Å². The summed E-state index contributed by atoms with van der Waals surface area (Å²) in [6.07, 6.45) is 2.59. The Bertz CT molecular complexity index is 1780. The number of aromatic nitrogens is 2. The van der Waals surface area contributed by atoms with Crippen molar-refractivity contribution in [3.05, 3.63) is 66.9 Å². The van der Waals surface area contributed by atoms with Gasteiger partial charge in [-0.2, -0.15) is 0 Å². The molecule has 2 aromatic heterocycles. The second-order valence-corrected chi connectivity index (χ2v) is 10.4. The lowest BCUT2D eigenvalue weighted by Gasteiger charge is -2.34. The van der Waals surface area contributed by atoms with Crippen LogP contribution in [0.5, 0.6) is 0 Å². The largest absolute Gasteiger partial charge is 0.459 e. The molecule has 1 saturated heterocycles. The highest BCUT2D eigenvalue weighted by Gasteiger charge is 2.21. The number of H-pyrrole nitrogens is 1. The van der Waals surface area contributed by atoms with Crippen molar-refractivity contribution < 1.29 is 14.3 Å². The molecule has 0 radical (unpaired) electrons. The van der Waals surface area contributed by atoms with Crippen molar-refractivity contribution in [2.24, 2.45) is 0 Å². The predicted octanol–water partition coefficient (Wildman–Crippen LogP) is 5.46. The Morgan fingerprint density at radius 2 is 1.82 bits per heavy atom. The molecule has 5 aromatic rings. The lowest BCUT2D eigenvalue weighted by atomic mass is 9.95. The van der Waals surface area contributed by atoms with Crippen molar-refractivity contribution in [2.75, 3.05) is 43.4 Å². The Balaban J connectivity index is 1.66. The Kier molecular flexibility index (Phi) is 6.19. The van der Waals surface area contributed by atoms with Crippen LogP contribution < -0.4 is 10.2 Å². The number of anilines is 2. The van der Waals surface area contributed by atoms with Crippen molar-refractivity contribution in [2.45, 2.75) is 20.0 Å². The van der Waals surface area contributed by atoms with Crippen molar-refractivity contribution in [1.82, 2.24) is 14.9 Å². The number of nitrogens with one attached hydrogen (secondary N) is 2. The van der Waals surface area contributed by atoms with Crippen molar-refractivity contribution in [3.8, 4) is 0 Å². The summed E-state index contributed by atoms with van der Waals surface area (Å²) >= 11 is 0. The normalized spacial score (nSPS) is 14.5. The van der Waals surface area contributed by atoms with Crippen LogP contribution in [0.4, 0.5) is 11.4 Å². The number of pyridine rings is 1. The number of likely N-dealkylation sites (N-methyl/N-ethyl adjacent to an activating group) is 1. The molecule has 0 atom stereocenters. The van der Waals surface area contributed by atoms with Gasteiger partial charge in [-0.15, -0.1) is 0 Å². The number of aromatic amines is 1. The number of nitrogens with zero attached hydrogens (tertiary/aromatic N) is 3. The maximum atomic E-state index is 12.7. The molecule has 8 nitrogen and oxygen atoms in total. The second kappa shape index (κ2) is 9.71.